The number of carbonyl (C=O) groups excluding carboxylic acids is 1. The van der Waals surface area contributed by atoms with E-state index in [1.165, 1.54) is 6.08 Å². The van der Waals surface area contributed by atoms with Gasteiger partial charge in [0.1, 0.15) is 0 Å². The van der Waals surface area contributed by atoms with Gasteiger partial charge in [-0.1, -0.05) is 72.8 Å². The quantitative estimate of drug-likeness (QED) is 0.668. The van der Waals surface area contributed by atoms with E-state index in [1.807, 2.05) is 72.8 Å². The van der Waals surface area contributed by atoms with Crippen LogP contribution in [0.4, 0.5) is 0 Å². The minimum Gasteiger partial charge on any atom is -0.388 e. The second-order valence-corrected chi connectivity index (χ2v) is 5.91. The standard InChI is InChI=1S/C22H21NO2/c24-21(20-12-6-10-18-9-4-5-11-19(18)20)15-16-23-22(25)14-13-17-7-2-1-3-8-17/h1-14,21,24H,15-16H2,(H,23,25)/b14-13+/t21-/m0/s1. The number of aliphatic hydroxyl groups is 1. The van der Waals surface area contributed by atoms with Gasteiger partial charge in [0, 0.05) is 12.6 Å². The van der Waals surface area contributed by atoms with Crippen molar-refractivity contribution in [2.45, 2.75) is 12.5 Å². The highest BCUT2D eigenvalue weighted by molar-refractivity contribution is 5.91. The Kier molecular flexibility index (Phi) is 5.60. The Hall–Kier alpha value is -2.91. The number of rotatable bonds is 6. The average molecular weight is 331 g/mol. The van der Waals surface area contributed by atoms with Gasteiger partial charge in [0.2, 0.25) is 5.91 Å². The third kappa shape index (κ3) is 4.55. The van der Waals surface area contributed by atoms with Crippen molar-refractivity contribution in [2.75, 3.05) is 6.54 Å². The summed E-state index contributed by atoms with van der Waals surface area (Å²) < 4.78 is 0. The first-order valence-electron chi connectivity index (χ1n) is 8.41. The minimum atomic E-state index is -0.607. The summed E-state index contributed by atoms with van der Waals surface area (Å²) in [6.45, 7) is 0.419. The summed E-state index contributed by atoms with van der Waals surface area (Å²) in [5.74, 6) is -0.158. The molecule has 25 heavy (non-hydrogen) atoms. The number of amides is 1. The average Bonchev–Trinajstić information content (AvgIpc) is 2.66. The summed E-state index contributed by atoms with van der Waals surface area (Å²) in [6.07, 6.45) is 3.15. The van der Waals surface area contributed by atoms with Crippen molar-refractivity contribution in [3.8, 4) is 0 Å². The van der Waals surface area contributed by atoms with Crippen LogP contribution in [0.25, 0.3) is 16.8 Å². The number of nitrogens with one attached hydrogen (secondary N) is 1. The monoisotopic (exact) mass is 331 g/mol. The van der Waals surface area contributed by atoms with Crippen molar-refractivity contribution in [1.82, 2.24) is 5.32 Å². The molecule has 0 saturated carbocycles. The molecule has 3 heteroatoms. The zero-order valence-electron chi connectivity index (χ0n) is 13.9. The van der Waals surface area contributed by atoms with Crippen LogP contribution in [0.1, 0.15) is 23.7 Å². The molecule has 0 aliphatic carbocycles. The first-order valence-corrected chi connectivity index (χ1v) is 8.41. The molecule has 0 radical (unpaired) electrons. The molecule has 1 atom stereocenters. The molecular formula is C22H21NO2. The van der Waals surface area contributed by atoms with Gasteiger partial charge >= 0.3 is 0 Å². The van der Waals surface area contributed by atoms with Gasteiger partial charge in [0.15, 0.2) is 0 Å². The molecule has 3 rings (SSSR count). The van der Waals surface area contributed by atoms with Crippen LogP contribution in [-0.4, -0.2) is 17.6 Å². The largest absolute Gasteiger partial charge is 0.388 e. The third-order valence-electron chi connectivity index (χ3n) is 4.13. The van der Waals surface area contributed by atoms with Crippen molar-refractivity contribution in [3.63, 3.8) is 0 Å². The lowest BCUT2D eigenvalue weighted by atomic mass is 9.99. The Morgan fingerprint density at radius 1 is 0.960 bits per heavy atom. The van der Waals surface area contributed by atoms with E-state index >= 15 is 0 Å². The molecule has 0 aliphatic rings. The van der Waals surface area contributed by atoms with E-state index in [0.29, 0.717) is 13.0 Å². The van der Waals surface area contributed by atoms with Gasteiger partial charge in [-0.25, -0.2) is 0 Å². The number of hydrogen-bond donors (Lipinski definition) is 2. The summed E-state index contributed by atoms with van der Waals surface area (Å²) in [4.78, 5) is 11.9. The molecule has 0 aromatic heterocycles. The van der Waals surface area contributed by atoms with Gasteiger partial charge in [-0.3, -0.25) is 4.79 Å². The molecule has 0 saturated heterocycles. The lowest BCUT2D eigenvalue weighted by molar-refractivity contribution is -0.116. The molecule has 2 N–H and O–H groups in total. The first kappa shape index (κ1) is 16.9. The highest BCUT2D eigenvalue weighted by atomic mass is 16.3. The fraction of sp³-hybridized carbons (Fsp3) is 0.136. The molecule has 126 valence electrons. The van der Waals surface area contributed by atoms with E-state index < -0.39 is 6.10 Å². The van der Waals surface area contributed by atoms with Gasteiger partial charge in [0.05, 0.1) is 6.10 Å². The van der Waals surface area contributed by atoms with E-state index in [1.54, 1.807) is 6.08 Å². The number of benzene rings is 3. The second-order valence-electron chi connectivity index (χ2n) is 5.91. The van der Waals surface area contributed by atoms with Crippen LogP contribution < -0.4 is 5.32 Å². The highest BCUT2D eigenvalue weighted by Gasteiger charge is 2.11. The maximum Gasteiger partial charge on any atom is 0.244 e. The molecular weight excluding hydrogens is 310 g/mol. The summed E-state index contributed by atoms with van der Waals surface area (Å²) in [7, 11) is 0. The Morgan fingerprint density at radius 3 is 2.52 bits per heavy atom. The maximum absolute atomic E-state index is 11.9. The summed E-state index contributed by atoms with van der Waals surface area (Å²) >= 11 is 0. The normalized spacial score (nSPS) is 12.4. The van der Waals surface area contributed by atoms with E-state index in [9.17, 15) is 9.90 Å². The Morgan fingerprint density at radius 2 is 1.68 bits per heavy atom. The topological polar surface area (TPSA) is 49.3 Å². The Labute approximate surface area is 147 Å². The molecule has 3 aromatic rings. The summed E-state index contributed by atoms with van der Waals surface area (Å²) in [6, 6.07) is 23.6. The lowest BCUT2D eigenvalue weighted by Gasteiger charge is -2.14. The molecule has 0 aliphatic heterocycles. The van der Waals surface area contributed by atoms with Crippen molar-refractivity contribution >= 4 is 22.8 Å². The van der Waals surface area contributed by atoms with Crippen LogP contribution in [-0.2, 0) is 4.79 Å². The van der Waals surface area contributed by atoms with E-state index in [-0.39, 0.29) is 5.91 Å². The van der Waals surface area contributed by atoms with Crippen LogP contribution in [0.3, 0.4) is 0 Å². The summed E-state index contributed by atoms with van der Waals surface area (Å²) in [5, 5.41) is 15.4. The molecule has 0 spiro atoms. The fourth-order valence-electron chi connectivity index (χ4n) is 2.82. The molecule has 0 heterocycles. The van der Waals surface area contributed by atoms with E-state index in [2.05, 4.69) is 5.32 Å². The van der Waals surface area contributed by atoms with Gasteiger partial charge in [-0.15, -0.1) is 0 Å². The molecule has 0 bridgehead atoms. The van der Waals surface area contributed by atoms with Crippen molar-refractivity contribution < 1.29 is 9.90 Å². The molecule has 3 aromatic carbocycles. The minimum absolute atomic E-state index is 0.158. The number of carbonyl (C=O) groups is 1. The van der Waals surface area contributed by atoms with Crippen molar-refractivity contribution in [3.05, 3.63) is 90.0 Å². The van der Waals surface area contributed by atoms with Crippen molar-refractivity contribution in [1.29, 1.82) is 0 Å². The van der Waals surface area contributed by atoms with Crippen LogP contribution in [0, 0.1) is 0 Å². The van der Waals surface area contributed by atoms with E-state index in [0.717, 1.165) is 21.9 Å². The third-order valence-corrected chi connectivity index (χ3v) is 4.13. The zero-order chi connectivity index (χ0) is 17.5. The Bertz CT molecular complexity index is 866. The number of fused-ring (bicyclic) bond motifs is 1. The predicted molar refractivity (Wildman–Crippen MR) is 102 cm³/mol. The molecule has 0 unspecified atom stereocenters. The van der Waals surface area contributed by atoms with Crippen LogP contribution in [0.2, 0.25) is 0 Å². The Balaban J connectivity index is 1.54. The fourth-order valence-corrected chi connectivity index (χ4v) is 2.82. The number of hydrogen-bond acceptors (Lipinski definition) is 2. The van der Waals surface area contributed by atoms with Gasteiger partial charge in [0.25, 0.3) is 0 Å². The maximum atomic E-state index is 11.9. The number of aliphatic hydroxyl groups excluding tert-OH is 1. The summed E-state index contributed by atoms with van der Waals surface area (Å²) in [5.41, 5.74) is 1.88. The van der Waals surface area contributed by atoms with Crippen molar-refractivity contribution in [2.24, 2.45) is 0 Å². The highest BCUT2D eigenvalue weighted by Crippen LogP contribution is 2.25. The molecule has 3 nitrogen and oxygen atoms in total. The first-order chi connectivity index (χ1) is 12.2. The van der Waals surface area contributed by atoms with Gasteiger partial charge in [-0.05, 0) is 34.4 Å². The van der Waals surface area contributed by atoms with Crippen LogP contribution >= 0.6 is 0 Å². The predicted octanol–water partition coefficient (Wildman–Crippen LogP) is 4.09. The van der Waals surface area contributed by atoms with Crippen LogP contribution in [0.15, 0.2) is 78.9 Å². The van der Waals surface area contributed by atoms with Crippen LogP contribution in [0.5, 0.6) is 0 Å². The lowest BCUT2D eigenvalue weighted by Crippen LogP contribution is -2.23. The smallest absolute Gasteiger partial charge is 0.244 e. The second kappa shape index (κ2) is 8.27. The molecule has 1 amide bonds. The molecule has 0 fully saturated rings. The van der Waals surface area contributed by atoms with E-state index in [4.69, 9.17) is 0 Å². The SMILES string of the molecule is O=C(/C=C/c1ccccc1)NCC[C@H](O)c1cccc2ccccc12. The van der Waals surface area contributed by atoms with Gasteiger partial charge < -0.3 is 10.4 Å². The van der Waals surface area contributed by atoms with Gasteiger partial charge in [-0.2, -0.15) is 0 Å². The zero-order valence-corrected chi connectivity index (χ0v) is 13.9.